The molecule has 0 amide bonds. The summed E-state index contributed by atoms with van der Waals surface area (Å²) in [4.78, 5) is 7.68. The van der Waals surface area contributed by atoms with Crippen molar-refractivity contribution in [2.45, 2.75) is 0 Å². The van der Waals surface area contributed by atoms with Crippen molar-refractivity contribution in [3.8, 4) is 11.3 Å². The second-order valence-electron chi connectivity index (χ2n) is 12.6. The fraction of sp³-hybridized carbons (Fsp3) is 0. The third-order valence-electron chi connectivity index (χ3n) is 9.69. The Kier molecular flexibility index (Phi) is 7.76. The summed E-state index contributed by atoms with van der Waals surface area (Å²) in [6, 6.07) is 68.3. The van der Waals surface area contributed by atoms with Crippen LogP contribution in [0.15, 0.2) is 200 Å². The lowest BCUT2D eigenvalue weighted by molar-refractivity contribution is 0.592. The van der Waals surface area contributed by atoms with E-state index < -0.39 is 7.14 Å². The first kappa shape index (κ1) is 30.8. The molecule has 0 aliphatic heterocycles. The molecule has 9 aromatic rings. The number of aromatic nitrogens is 1. The van der Waals surface area contributed by atoms with E-state index in [1.165, 1.54) is 0 Å². The zero-order valence-electron chi connectivity index (χ0n) is 27.8. The molecule has 3 nitrogen and oxygen atoms in total. The van der Waals surface area contributed by atoms with E-state index in [4.69, 9.17) is 4.98 Å². The van der Waals surface area contributed by atoms with E-state index in [1.807, 2.05) is 84.9 Å². The third kappa shape index (κ3) is 5.22. The van der Waals surface area contributed by atoms with Gasteiger partial charge in [0.15, 0.2) is 7.14 Å². The van der Waals surface area contributed by atoms with Crippen LogP contribution in [-0.2, 0) is 4.57 Å². The maximum atomic E-state index is 16.1. The number of pyridine rings is 1. The van der Waals surface area contributed by atoms with E-state index in [0.29, 0.717) is 0 Å². The van der Waals surface area contributed by atoms with Crippen LogP contribution in [0.5, 0.6) is 0 Å². The Morgan fingerprint density at radius 1 is 0.412 bits per heavy atom. The summed E-state index contributed by atoms with van der Waals surface area (Å²) in [5.41, 5.74) is 5.95. The average Bonchev–Trinajstić information content (AvgIpc) is 3.21. The number of benzene rings is 8. The van der Waals surface area contributed by atoms with Gasteiger partial charge in [-0.3, -0.25) is 0 Å². The van der Waals surface area contributed by atoms with Crippen molar-refractivity contribution >= 4 is 72.6 Å². The lowest BCUT2D eigenvalue weighted by Crippen LogP contribution is -2.25. The Labute approximate surface area is 297 Å². The summed E-state index contributed by atoms with van der Waals surface area (Å²) in [5, 5.41) is 7.52. The van der Waals surface area contributed by atoms with Gasteiger partial charge in [0.05, 0.1) is 16.9 Å². The number of fused-ring (bicyclic) bond motifs is 5. The summed E-state index contributed by atoms with van der Waals surface area (Å²) in [7, 11) is -3.37. The van der Waals surface area contributed by atoms with E-state index in [1.54, 1.807) is 0 Å². The monoisotopic (exact) mass is 672 g/mol. The average molecular weight is 673 g/mol. The molecule has 242 valence electrons. The van der Waals surface area contributed by atoms with Crippen molar-refractivity contribution in [3.63, 3.8) is 0 Å². The zero-order valence-corrected chi connectivity index (χ0v) is 28.7. The molecule has 0 spiro atoms. The number of anilines is 3. The third-order valence-corrected chi connectivity index (χ3v) is 12.8. The van der Waals surface area contributed by atoms with Crippen LogP contribution >= 0.6 is 7.14 Å². The molecule has 0 aliphatic rings. The molecule has 9 rings (SSSR count). The van der Waals surface area contributed by atoms with Crippen LogP contribution in [0, 0.1) is 0 Å². The van der Waals surface area contributed by atoms with Gasteiger partial charge >= 0.3 is 0 Å². The molecule has 0 bridgehead atoms. The normalized spacial score (nSPS) is 11.6. The molecule has 0 saturated carbocycles. The minimum atomic E-state index is -3.37. The second kappa shape index (κ2) is 12.9. The van der Waals surface area contributed by atoms with Crippen molar-refractivity contribution in [2.75, 3.05) is 4.90 Å². The molecule has 0 fully saturated rings. The zero-order chi connectivity index (χ0) is 34.2. The van der Waals surface area contributed by atoms with Gasteiger partial charge in [0.25, 0.3) is 0 Å². The van der Waals surface area contributed by atoms with Gasteiger partial charge in [0, 0.05) is 54.4 Å². The predicted molar refractivity (Wildman–Crippen MR) is 216 cm³/mol. The highest BCUT2D eigenvalue weighted by Gasteiger charge is 2.33. The van der Waals surface area contributed by atoms with Crippen LogP contribution in [0.3, 0.4) is 0 Å². The first-order valence-corrected chi connectivity index (χ1v) is 18.9. The van der Waals surface area contributed by atoms with E-state index in [0.717, 1.165) is 76.7 Å². The summed E-state index contributed by atoms with van der Waals surface area (Å²) < 4.78 is 16.1. The Hall–Kier alpha value is -6.28. The minimum Gasteiger partial charge on any atom is -0.310 e. The van der Waals surface area contributed by atoms with Gasteiger partial charge < -0.3 is 9.46 Å². The van der Waals surface area contributed by atoms with E-state index in [2.05, 4.69) is 120 Å². The molecule has 1 heterocycles. The molecule has 0 atom stereocenters. The van der Waals surface area contributed by atoms with Gasteiger partial charge in [-0.1, -0.05) is 164 Å². The van der Waals surface area contributed by atoms with E-state index in [9.17, 15) is 0 Å². The van der Waals surface area contributed by atoms with Crippen LogP contribution in [0.2, 0.25) is 0 Å². The maximum absolute atomic E-state index is 16.1. The number of rotatable bonds is 7. The molecule has 4 heteroatoms. The molecule has 1 aromatic heterocycles. The quantitative estimate of drug-likeness (QED) is 0.125. The summed E-state index contributed by atoms with van der Waals surface area (Å²) in [5.74, 6) is 0. The second-order valence-corrected chi connectivity index (χ2v) is 15.4. The van der Waals surface area contributed by atoms with Gasteiger partial charge in [-0.05, 0) is 41.8 Å². The van der Waals surface area contributed by atoms with Crippen LogP contribution in [0.1, 0.15) is 0 Å². The molecular formula is C47H33N2OP. The van der Waals surface area contributed by atoms with Crippen molar-refractivity contribution in [1.82, 2.24) is 4.98 Å². The van der Waals surface area contributed by atoms with Crippen LogP contribution in [0.25, 0.3) is 43.7 Å². The van der Waals surface area contributed by atoms with Gasteiger partial charge in [0.2, 0.25) is 0 Å². The van der Waals surface area contributed by atoms with Gasteiger partial charge in [-0.2, -0.15) is 0 Å². The first-order valence-electron chi connectivity index (χ1n) is 17.2. The van der Waals surface area contributed by atoms with Gasteiger partial charge in [-0.25, -0.2) is 4.98 Å². The summed E-state index contributed by atoms with van der Waals surface area (Å²) >= 11 is 0. The molecule has 0 N–H and O–H groups in total. The Balaban J connectivity index is 1.45. The Bertz CT molecular complexity index is 2620. The topological polar surface area (TPSA) is 33.2 Å². The standard InChI is InChI=1S/C47H33N2OP/c50-51(37-24-12-4-13-25-37,38-26-14-5-15-27-38)44-31-17-29-42-46(44)45-40-28-16-30-43(49(35-20-8-2-9-21-35)36-22-10-3-11-23-36)39(40)32-33-41(45)47(48-42)34-18-6-1-7-19-34/h1-33H. The predicted octanol–water partition coefficient (Wildman–Crippen LogP) is 11.3. The molecule has 0 saturated heterocycles. The number of nitrogens with zero attached hydrogens (tertiary/aromatic N) is 2. The molecule has 0 aliphatic carbocycles. The Morgan fingerprint density at radius 2 is 0.922 bits per heavy atom. The molecule has 0 unspecified atom stereocenters. The van der Waals surface area contributed by atoms with Gasteiger partial charge in [-0.15, -0.1) is 0 Å². The maximum Gasteiger partial charge on any atom is 0.171 e. The van der Waals surface area contributed by atoms with E-state index >= 15 is 4.57 Å². The van der Waals surface area contributed by atoms with Crippen LogP contribution in [0.4, 0.5) is 17.1 Å². The Morgan fingerprint density at radius 3 is 1.51 bits per heavy atom. The molecule has 8 aromatic carbocycles. The van der Waals surface area contributed by atoms with Crippen molar-refractivity contribution < 1.29 is 4.57 Å². The largest absolute Gasteiger partial charge is 0.310 e. The number of hydrogen-bond acceptors (Lipinski definition) is 3. The molecular weight excluding hydrogens is 640 g/mol. The molecule has 51 heavy (non-hydrogen) atoms. The van der Waals surface area contributed by atoms with Crippen LogP contribution in [-0.4, -0.2) is 4.98 Å². The lowest BCUT2D eigenvalue weighted by Gasteiger charge is -2.27. The van der Waals surface area contributed by atoms with Crippen molar-refractivity contribution in [2.24, 2.45) is 0 Å². The fourth-order valence-corrected chi connectivity index (χ4v) is 10.3. The lowest BCUT2D eigenvalue weighted by atomic mass is 9.94. The van der Waals surface area contributed by atoms with E-state index in [-0.39, 0.29) is 0 Å². The highest BCUT2D eigenvalue weighted by molar-refractivity contribution is 7.85. The number of para-hydroxylation sites is 2. The fourth-order valence-electron chi connectivity index (χ4n) is 7.42. The minimum absolute atomic E-state index is 0.787. The highest BCUT2D eigenvalue weighted by atomic mass is 31.2. The smallest absolute Gasteiger partial charge is 0.171 e. The summed E-state index contributed by atoms with van der Waals surface area (Å²) in [6.07, 6.45) is 0. The number of hydrogen-bond donors (Lipinski definition) is 0. The summed E-state index contributed by atoms with van der Waals surface area (Å²) in [6.45, 7) is 0. The SMILES string of the molecule is O=P(c1ccccc1)(c1ccccc1)c1cccc2nc(-c3ccccc3)c3ccc4c(N(c5ccccc5)c5ccccc5)cccc4c3c12. The van der Waals surface area contributed by atoms with Crippen LogP contribution < -0.4 is 20.8 Å². The van der Waals surface area contributed by atoms with Gasteiger partial charge in [0.1, 0.15) is 0 Å². The molecule has 0 radical (unpaired) electrons. The van der Waals surface area contributed by atoms with Crippen molar-refractivity contribution in [1.29, 1.82) is 0 Å². The highest BCUT2D eigenvalue weighted by Crippen LogP contribution is 2.48. The first-order chi connectivity index (χ1) is 25.2. The van der Waals surface area contributed by atoms with Crippen molar-refractivity contribution in [3.05, 3.63) is 200 Å².